The van der Waals surface area contributed by atoms with Gasteiger partial charge in [-0.25, -0.2) is 0 Å². The number of amides is 1. The van der Waals surface area contributed by atoms with Crippen LogP contribution in [0.3, 0.4) is 0 Å². The summed E-state index contributed by atoms with van der Waals surface area (Å²) < 4.78 is 11.8. The summed E-state index contributed by atoms with van der Waals surface area (Å²) >= 11 is 0. The Bertz CT molecular complexity index is 600. The first-order chi connectivity index (χ1) is 13.0. The van der Waals surface area contributed by atoms with Crippen LogP contribution in [0.2, 0.25) is 0 Å². The molecule has 27 heavy (non-hydrogen) atoms. The van der Waals surface area contributed by atoms with Crippen LogP contribution in [0.25, 0.3) is 0 Å². The molecule has 152 valence electrons. The summed E-state index contributed by atoms with van der Waals surface area (Å²) in [5.74, 6) is 1.24. The van der Waals surface area contributed by atoms with Crippen molar-refractivity contribution in [3.63, 3.8) is 0 Å². The van der Waals surface area contributed by atoms with E-state index < -0.39 is 0 Å². The normalized spacial score (nSPS) is 36.9. The topological polar surface area (TPSA) is 50.8 Å². The zero-order chi connectivity index (χ0) is 19.1. The third-order valence-electron chi connectivity index (χ3n) is 7.60. The van der Waals surface area contributed by atoms with Crippen LogP contribution in [-0.4, -0.2) is 62.4 Å². The van der Waals surface area contributed by atoms with E-state index in [1.54, 1.807) is 7.11 Å². The molecule has 4 atom stereocenters. The van der Waals surface area contributed by atoms with Crippen LogP contribution >= 0.6 is 0 Å². The Kier molecular flexibility index (Phi) is 5.38. The second kappa shape index (κ2) is 7.49. The molecular formula is C22H36N2O3. The third kappa shape index (κ3) is 3.58. The Morgan fingerprint density at radius 1 is 1.37 bits per heavy atom. The van der Waals surface area contributed by atoms with Gasteiger partial charge in [0.25, 0.3) is 0 Å². The van der Waals surface area contributed by atoms with Gasteiger partial charge in [0.1, 0.15) is 0 Å². The summed E-state index contributed by atoms with van der Waals surface area (Å²) in [5, 5.41) is 3.26. The average molecular weight is 377 g/mol. The van der Waals surface area contributed by atoms with Gasteiger partial charge in [-0.1, -0.05) is 18.6 Å². The summed E-state index contributed by atoms with van der Waals surface area (Å²) in [6.45, 7) is 9.08. The van der Waals surface area contributed by atoms with Gasteiger partial charge in [-0.05, 0) is 45.4 Å². The van der Waals surface area contributed by atoms with E-state index in [4.69, 9.17) is 9.47 Å². The van der Waals surface area contributed by atoms with Crippen LogP contribution in [0.15, 0.2) is 11.6 Å². The lowest BCUT2D eigenvalue weighted by molar-refractivity contribution is -0.128. The minimum absolute atomic E-state index is 0.0629. The van der Waals surface area contributed by atoms with Crippen LogP contribution in [0.5, 0.6) is 0 Å². The number of methoxy groups -OCH3 is 1. The molecule has 0 aromatic heterocycles. The number of rotatable bonds is 9. The monoisotopic (exact) mass is 376 g/mol. The molecular weight excluding hydrogens is 340 g/mol. The minimum atomic E-state index is -0.240. The fraction of sp³-hybridized carbons (Fsp3) is 0.864. The first-order valence-electron chi connectivity index (χ1n) is 10.8. The van der Waals surface area contributed by atoms with Gasteiger partial charge in [0.15, 0.2) is 0 Å². The predicted octanol–water partition coefficient (Wildman–Crippen LogP) is 2.76. The predicted molar refractivity (Wildman–Crippen MR) is 105 cm³/mol. The van der Waals surface area contributed by atoms with Crippen molar-refractivity contribution >= 4 is 5.91 Å². The van der Waals surface area contributed by atoms with E-state index in [2.05, 4.69) is 30.1 Å². The van der Waals surface area contributed by atoms with Crippen molar-refractivity contribution in [3.8, 4) is 0 Å². The molecule has 4 rings (SSSR count). The average Bonchev–Trinajstić information content (AvgIpc) is 3.07. The fourth-order valence-corrected chi connectivity index (χ4v) is 5.63. The number of allylic oxidation sites excluding steroid dienone is 1. The SMILES string of the molecule is CCC(C)=CCCN1C[C@@H]2[C@H](CNC(=O)C3(COC)CC3)[C@H]3CC[C@]2(C1)O3. The van der Waals surface area contributed by atoms with Crippen LogP contribution in [0.4, 0.5) is 0 Å². The van der Waals surface area contributed by atoms with Crippen molar-refractivity contribution < 1.29 is 14.3 Å². The number of nitrogens with zero attached hydrogens (tertiary/aromatic N) is 1. The maximum absolute atomic E-state index is 12.6. The molecule has 4 fully saturated rings. The third-order valence-corrected chi connectivity index (χ3v) is 7.60. The first-order valence-corrected chi connectivity index (χ1v) is 10.8. The number of ether oxygens (including phenoxy) is 2. The van der Waals surface area contributed by atoms with Crippen LogP contribution < -0.4 is 5.32 Å². The summed E-state index contributed by atoms with van der Waals surface area (Å²) in [4.78, 5) is 15.2. The van der Waals surface area contributed by atoms with Crippen molar-refractivity contribution in [2.75, 3.05) is 39.9 Å². The Morgan fingerprint density at radius 3 is 2.89 bits per heavy atom. The van der Waals surface area contributed by atoms with Crippen molar-refractivity contribution in [3.05, 3.63) is 11.6 Å². The highest BCUT2D eigenvalue weighted by atomic mass is 16.5. The lowest BCUT2D eigenvalue weighted by atomic mass is 9.73. The second-order valence-electron chi connectivity index (χ2n) is 9.38. The van der Waals surface area contributed by atoms with Gasteiger partial charge in [-0.3, -0.25) is 9.69 Å². The standard InChI is InChI=1S/C22H36N2O3/c1-4-16(2)6-5-11-24-13-18-17(19-7-8-22(18,14-24)27-19)12-23-20(25)21(9-10-21)15-26-3/h6,17-19H,4-5,7-15H2,1-3H3,(H,23,25)/t17-,18+,19+,22+/m0/s1. The zero-order valence-electron chi connectivity index (χ0n) is 17.3. The van der Waals surface area contributed by atoms with E-state index in [-0.39, 0.29) is 16.9 Å². The lowest BCUT2D eigenvalue weighted by Gasteiger charge is -2.30. The Hall–Kier alpha value is -0.910. The molecule has 5 heteroatoms. The molecule has 4 aliphatic rings. The molecule has 0 unspecified atom stereocenters. The molecule has 1 amide bonds. The molecule has 1 saturated carbocycles. The number of hydrogen-bond donors (Lipinski definition) is 1. The molecule has 1 aliphatic carbocycles. The van der Waals surface area contributed by atoms with Crippen LogP contribution in [0, 0.1) is 17.3 Å². The molecule has 2 bridgehead atoms. The molecule has 0 aromatic rings. The molecule has 3 heterocycles. The van der Waals surface area contributed by atoms with Gasteiger partial charge in [0.05, 0.1) is 23.7 Å². The number of carbonyl (C=O) groups is 1. The quantitative estimate of drug-likeness (QED) is 0.629. The van der Waals surface area contributed by atoms with Crippen molar-refractivity contribution in [1.82, 2.24) is 10.2 Å². The van der Waals surface area contributed by atoms with Crippen molar-refractivity contribution in [1.29, 1.82) is 0 Å². The van der Waals surface area contributed by atoms with E-state index in [1.807, 2.05) is 0 Å². The highest BCUT2D eigenvalue weighted by molar-refractivity contribution is 5.85. The van der Waals surface area contributed by atoms with E-state index in [0.29, 0.717) is 24.5 Å². The maximum atomic E-state index is 12.6. The van der Waals surface area contributed by atoms with Crippen molar-refractivity contribution in [2.45, 2.75) is 64.1 Å². The molecule has 1 N–H and O–H groups in total. The Labute approximate surface area is 163 Å². The van der Waals surface area contributed by atoms with E-state index in [9.17, 15) is 4.79 Å². The first kappa shape index (κ1) is 19.4. The van der Waals surface area contributed by atoms with Gasteiger partial charge in [0.2, 0.25) is 5.91 Å². The van der Waals surface area contributed by atoms with Gasteiger partial charge < -0.3 is 14.8 Å². The lowest BCUT2D eigenvalue weighted by Crippen LogP contribution is -2.44. The highest BCUT2D eigenvalue weighted by Crippen LogP contribution is 2.54. The zero-order valence-corrected chi connectivity index (χ0v) is 17.3. The van der Waals surface area contributed by atoms with Gasteiger partial charge in [0, 0.05) is 45.1 Å². The van der Waals surface area contributed by atoms with Crippen LogP contribution in [0.1, 0.15) is 52.4 Å². The molecule has 0 aromatic carbocycles. The minimum Gasteiger partial charge on any atom is -0.384 e. The molecule has 3 aliphatic heterocycles. The van der Waals surface area contributed by atoms with Gasteiger partial charge >= 0.3 is 0 Å². The Balaban J connectivity index is 1.32. The van der Waals surface area contributed by atoms with Crippen molar-refractivity contribution in [2.24, 2.45) is 17.3 Å². The second-order valence-corrected chi connectivity index (χ2v) is 9.38. The number of carbonyl (C=O) groups excluding carboxylic acids is 1. The number of fused-ring (bicyclic) bond motifs is 1. The fourth-order valence-electron chi connectivity index (χ4n) is 5.63. The number of nitrogens with one attached hydrogen (secondary N) is 1. The van der Waals surface area contributed by atoms with Gasteiger partial charge in [-0.2, -0.15) is 0 Å². The van der Waals surface area contributed by atoms with Crippen LogP contribution in [-0.2, 0) is 14.3 Å². The summed E-state index contributed by atoms with van der Waals surface area (Å²) in [7, 11) is 1.69. The molecule has 0 radical (unpaired) electrons. The van der Waals surface area contributed by atoms with E-state index in [1.165, 1.54) is 12.0 Å². The smallest absolute Gasteiger partial charge is 0.228 e. The largest absolute Gasteiger partial charge is 0.384 e. The Morgan fingerprint density at radius 2 is 2.19 bits per heavy atom. The summed E-state index contributed by atoms with van der Waals surface area (Å²) in [6.07, 6.45) is 9.27. The molecule has 3 saturated heterocycles. The molecule has 1 spiro atoms. The van der Waals surface area contributed by atoms with E-state index >= 15 is 0 Å². The maximum Gasteiger partial charge on any atom is 0.228 e. The van der Waals surface area contributed by atoms with Gasteiger partial charge in [-0.15, -0.1) is 0 Å². The summed E-state index contributed by atoms with van der Waals surface area (Å²) in [6, 6.07) is 0. The van der Waals surface area contributed by atoms with E-state index in [0.717, 1.165) is 58.3 Å². The number of hydrogen-bond acceptors (Lipinski definition) is 4. The number of likely N-dealkylation sites (tertiary alicyclic amines) is 1. The highest BCUT2D eigenvalue weighted by Gasteiger charge is 2.62. The summed E-state index contributed by atoms with van der Waals surface area (Å²) in [5.41, 5.74) is 1.30. The molecule has 5 nitrogen and oxygen atoms in total.